The third-order valence-corrected chi connectivity index (χ3v) is 3.12. The normalized spacial score (nSPS) is 18.3. The lowest BCUT2D eigenvalue weighted by Crippen LogP contribution is -2.49. The van der Waals surface area contributed by atoms with Crippen molar-refractivity contribution >= 4 is 11.9 Å². The Morgan fingerprint density at radius 2 is 1.72 bits per heavy atom. The fourth-order valence-electron chi connectivity index (χ4n) is 2.02. The second kappa shape index (κ2) is 6.73. The minimum absolute atomic E-state index is 0.289. The second-order valence-electron chi connectivity index (χ2n) is 5.21. The summed E-state index contributed by atoms with van der Waals surface area (Å²) in [5.74, 6) is 0.0179. The van der Waals surface area contributed by atoms with Crippen molar-refractivity contribution < 1.29 is 19.1 Å². The van der Waals surface area contributed by atoms with Crippen molar-refractivity contribution in [1.29, 1.82) is 0 Å². The van der Waals surface area contributed by atoms with E-state index in [1.807, 2.05) is 13.8 Å². The summed E-state index contributed by atoms with van der Waals surface area (Å²) in [5, 5.41) is 3.10. The Hall–Kier alpha value is -1.10. The summed E-state index contributed by atoms with van der Waals surface area (Å²) in [4.78, 5) is 23.4. The molecule has 5 nitrogen and oxygen atoms in total. The first-order valence-corrected chi connectivity index (χ1v) is 6.41. The first-order chi connectivity index (χ1) is 8.49. The number of carbonyl (C=O) groups excluding carboxylic acids is 2. The predicted octanol–water partition coefficient (Wildman–Crippen LogP) is 1.12. The summed E-state index contributed by atoms with van der Waals surface area (Å²) in [6.45, 7) is 4.06. The molecule has 0 radical (unpaired) electrons. The molecule has 0 bridgehead atoms. The molecule has 2 atom stereocenters. The van der Waals surface area contributed by atoms with E-state index in [4.69, 9.17) is 9.47 Å². The standard InChI is InChI=1S/C13H23NO4/c1-8(2)7-10(12(15)17-3)14-11(9-5-6-9)13(16)18-4/h8-11,14H,5-7H2,1-4H3. The quantitative estimate of drug-likeness (QED) is 0.692. The van der Waals surface area contributed by atoms with E-state index >= 15 is 0 Å². The Morgan fingerprint density at radius 1 is 1.17 bits per heavy atom. The van der Waals surface area contributed by atoms with Gasteiger partial charge in [-0.1, -0.05) is 13.8 Å². The van der Waals surface area contributed by atoms with Gasteiger partial charge in [-0.05, 0) is 31.1 Å². The first kappa shape index (κ1) is 15.0. The van der Waals surface area contributed by atoms with Gasteiger partial charge in [0, 0.05) is 0 Å². The molecule has 0 aromatic heterocycles. The molecule has 5 heteroatoms. The van der Waals surface area contributed by atoms with E-state index in [9.17, 15) is 9.59 Å². The molecule has 18 heavy (non-hydrogen) atoms. The Kier molecular flexibility index (Phi) is 5.59. The molecule has 1 aliphatic rings. The van der Waals surface area contributed by atoms with E-state index in [-0.39, 0.29) is 17.9 Å². The number of ether oxygens (including phenoxy) is 2. The number of carbonyl (C=O) groups is 2. The third kappa shape index (κ3) is 4.29. The van der Waals surface area contributed by atoms with Crippen molar-refractivity contribution in [2.24, 2.45) is 11.8 Å². The van der Waals surface area contributed by atoms with Crippen LogP contribution in [0.3, 0.4) is 0 Å². The highest BCUT2D eigenvalue weighted by Gasteiger charge is 2.39. The zero-order chi connectivity index (χ0) is 13.7. The van der Waals surface area contributed by atoms with Crippen LogP contribution in [0.25, 0.3) is 0 Å². The summed E-state index contributed by atoms with van der Waals surface area (Å²) >= 11 is 0. The van der Waals surface area contributed by atoms with E-state index in [2.05, 4.69) is 5.32 Å². The van der Waals surface area contributed by atoms with Gasteiger partial charge < -0.3 is 9.47 Å². The Morgan fingerprint density at radius 3 is 2.11 bits per heavy atom. The molecule has 0 amide bonds. The van der Waals surface area contributed by atoms with Crippen molar-refractivity contribution in [3.63, 3.8) is 0 Å². The van der Waals surface area contributed by atoms with Gasteiger partial charge in [-0.15, -0.1) is 0 Å². The average Bonchev–Trinajstić information content (AvgIpc) is 3.16. The van der Waals surface area contributed by atoms with E-state index in [0.29, 0.717) is 12.3 Å². The molecule has 1 aliphatic carbocycles. The number of rotatable bonds is 7. The lowest BCUT2D eigenvalue weighted by atomic mass is 10.0. The van der Waals surface area contributed by atoms with Crippen LogP contribution in [0, 0.1) is 11.8 Å². The molecule has 0 aromatic carbocycles. The Labute approximate surface area is 108 Å². The molecule has 104 valence electrons. The fourth-order valence-corrected chi connectivity index (χ4v) is 2.02. The van der Waals surface area contributed by atoms with Crippen molar-refractivity contribution in [3.05, 3.63) is 0 Å². The number of hydrogen-bond donors (Lipinski definition) is 1. The molecule has 0 aliphatic heterocycles. The SMILES string of the molecule is COC(=O)C(CC(C)C)NC(C(=O)OC)C1CC1. The van der Waals surface area contributed by atoms with Crippen LogP contribution in [0.5, 0.6) is 0 Å². The summed E-state index contributed by atoms with van der Waals surface area (Å²) in [7, 11) is 2.73. The Bertz CT molecular complexity index is 299. The van der Waals surface area contributed by atoms with E-state index < -0.39 is 12.1 Å². The third-order valence-electron chi connectivity index (χ3n) is 3.12. The summed E-state index contributed by atoms with van der Waals surface area (Å²) < 4.78 is 9.55. The smallest absolute Gasteiger partial charge is 0.323 e. The lowest BCUT2D eigenvalue weighted by molar-refractivity contribution is -0.147. The topological polar surface area (TPSA) is 64.6 Å². The van der Waals surface area contributed by atoms with Crippen molar-refractivity contribution in [2.45, 2.75) is 45.2 Å². The van der Waals surface area contributed by atoms with Gasteiger partial charge >= 0.3 is 11.9 Å². The molecule has 1 fully saturated rings. The van der Waals surface area contributed by atoms with Gasteiger partial charge in [0.2, 0.25) is 0 Å². The molecule has 1 rings (SSSR count). The first-order valence-electron chi connectivity index (χ1n) is 6.41. The van der Waals surface area contributed by atoms with E-state index in [1.54, 1.807) is 0 Å². The van der Waals surface area contributed by atoms with Crippen LogP contribution in [0.15, 0.2) is 0 Å². The second-order valence-corrected chi connectivity index (χ2v) is 5.21. The van der Waals surface area contributed by atoms with Gasteiger partial charge in [0.05, 0.1) is 14.2 Å². The molecule has 0 heterocycles. The number of hydrogen-bond acceptors (Lipinski definition) is 5. The summed E-state index contributed by atoms with van der Waals surface area (Å²) in [6, 6.07) is -0.836. The highest BCUT2D eigenvalue weighted by atomic mass is 16.5. The van der Waals surface area contributed by atoms with Crippen LogP contribution in [-0.4, -0.2) is 38.2 Å². The lowest BCUT2D eigenvalue weighted by Gasteiger charge is -2.23. The van der Waals surface area contributed by atoms with Crippen LogP contribution in [-0.2, 0) is 19.1 Å². The van der Waals surface area contributed by atoms with Gasteiger partial charge in [-0.25, -0.2) is 0 Å². The monoisotopic (exact) mass is 257 g/mol. The minimum atomic E-state index is -0.445. The predicted molar refractivity (Wildman–Crippen MR) is 66.9 cm³/mol. The highest BCUT2D eigenvalue weighted by Crippen LogP contribution is 2.33. The van der Waals surface area contributed by atoms with E-state index in [0.717, 1.165) is 12.8 Å². The molecular formula is C13H23NO4. The molecule has 0 saturated heterocycles. The van der Waals surface area contributed by atoms with Crippen LogP contribution >= 0.6 is 0 Å². The van der Waals surface area contributed by atoms with Crippen LogP contribution in [0.1, 0.15) is 33.1 Å². The average molecular weight is 257 g/mol. The maximum Gasteiger partial charge on any atom is 0.323 e. The fraction of sp³-hybridized carbons (Fsp3) is 0.846. The zero-order valence-electron chi connectivity index (χ0n) is 11.6. The molecular weight excluding hydrogens is 234 g/mol. The summed E-state index contributed by atoms with van der Waals surface area (Å²) in [6.07, 6.45) is 2.65. The zero-order valence-corrected chi connectivity index (χ0v) is 11.6. The van der Waals surface area contributed by atoms with Gasteiger partial charge in [0.25, 0.3) is 0 Å². The maximum absolute atomic E-state index is 11.7. The molecule has 0 aromatic rings. The van der Waals surface area contributed by atoms with Crippen LogP contribution < -0.4 is 5.32 Å². The van der Waals surface area contributed by atoms with Crippen molar-refractivity contribution in [2.75, 3.05) is 14.2 Å². The number of nitrogens with one attached hydrogen (secondary N) is 1. The van der Waals surface area contributed by atoms with Gasteiger partial charge in [0.1, 0.15) is 12.1 Å². The molecule has 1 N–H and O–H groups in total. The van der Waals surface area contributed by atoms with E-state index in [1.165, 1.54) is 14.2 Å². The number of methoxy groups -OCH3 is 2. The molecule has 2 unspecified atom stereocenters. The van der Waals surface area contributed by atoms with Crippen LogP contribution in [0.2, 0.25) is 0 Å². The van der Waals surface area contributed by atoms with Crippen molar-refractivity contribution in [1.82, 2.24) is 5.32 Å². The summed E-state index contributed by atoms with van der Waals surface area (Å²) in [5.41, 5.74) is 0. The van der Waals surface area contributed by atoms with Crippen molar-refractivity contribution in [3.8, 4) is 0 Å². The van der Waals surface area contributed by atoms with Gasteiger partial charge in [0.15, 0.2) is 0 Å². The minimum Gasteiger partial charge on any atom is -0.468 e. The molecule has 1 saturated carbocycles. The van der Waals surface area contributed by atoms with Gasteiger partial charge in [-0.3, -0.25) is 14.9 Å². The van der Waals surface area contributed by atoms with Crippen LogP contribution in [0.4, 0.5) is 0 Å². The Balaban J connectivity index is 2.66. The molecule has 0 spiro atoms. The highest BCUT2D eigenvalue weighted by molar-refractivity contribution is 5.80. The maximum atomic E-state index is 11.7. The van der Waals surface area contributed by atoms with Gasteiger partial charge in [-0.2, -0.15) is 0 Å². The number of esters is 2. The largest absolute Gasteiger partial charge is 0.468 e.